The maximum absolute atomic E-state index is 9.75. The van der Waals surface area contributed by atoms with E-state index < -0.39 is 15.2 Å². The zero-order valence-electron chi connectivity index (χ0n) is 13.9. The number of aryl methyl sites for hydroxylation is 1. The van der Waals surface area contributed by atoms with Crippen molar-refractivity contribution in [3.63, 3.8) is 0 Å². The molecule has 0 unspecified atom stereocenters. The van der Waals surface area contributed by atoms with Crippen LogP contribution in [0.1, 0.15) is 47.1 Å². The van der Waals surface area contributed by atoms with Gasteiger partial charge in [0.25, 0.3) is 0 Å². The van der Waals surface area contributed by atoms with Gasteiger partial charge in [-0.1, -0.05) is 18.2 Å². The lowest BCUT2D eigenvalue weighted by Crippen LogP contribution is -2.32. The average molecular weight is 324 g/mol. The van der Waals surface area contributed by atoms with E-state index in [1.165, 1.54) is 5.56 Å². The van der Waals surface area contributed by atoms with E-state index in [1.807, 2.05) is 0 Å². The molecule has 0 atom stereocenters. The summed E-state index contributed by atoms with van der Waals surface area (Å²) < 4.78 is 39.0. The summed E-state index contributed by atoms with van der Waals surface area (Å²) in [5, 5.41) is 2.40. The molecule has 1 aromatic rings. The van der Waals surface area contributed by atoms with Gasteiger partial charge in [0, 0.05) is 7.92 Å². The second-order valence-corrected chi connectivity index (χ2v) is 11.5. The highest BCUT2D eigenvalue weighted by Gasteiger charge is 2.44. The Morgan fingerprint density at radius 3 is 1.43 bits per heavy atom. The van der Waals surface area contributed by atoms with Crippen molar-refractivity contribution in [1.29, 1.82) is 0 Å². The zero-order valence-corrected chi connectivity index (χ0v) is 14.9. The molecule has 0 radical (unpaired) electrons. The fraction of sp³-hybridized carbons (Fsp3) is 0.600. The molecule has 0 spiro atoms. The second kappa shape index (κ2) is 7.13. The molecule has 0 aromatic heterocycles. The lowest BCUT2D eigenvalue weighted by molar-refractivity contribution is 0.368. The Hall–Kier alpha value is -0.565. The Morgan fingerprint density at radius 1 is 0.810 bits per heavy atom. The van der Waals surface area contributed by atoms with Crippen LogP contribution in [0.2, 0.25) is 0 Å². The Morgan fingerprint density at radius 2 is 1.14 bits per heavy atom. The van der Waals surface area contributed by atoms with Crippen molar-refractivity contribution >= 4 is 20.5 Å². The maximum Gasteiger partial charge on any atom is 0.673 e. The lowest BCUT2D eigenvalue weighted by atomic mass is 10.2. The van der Waals surface area contributed by atoms with E-state index >= 15 is 0 Å². The summed E-state index contributed by atoms with van der Waals surface area (Å²) in [6, 6.07) is 8.91. The molecule has 0 bridgehead atoms. The van der Waals surface area contributed by atoms with Crippen molar-refractivity contribution in [3.8, 4) is 0 Å². The molecule has 0 N–H and O–H groups in total. The molecule has 0 aliphatic heterocycles. The predicted octanol–water partition coefficient (Wildman–Crippen LogP) is 5.73. The van der Waals surface area contributed by atoms with Gasteiger partial charge in [0.05, 0.1) is 15.6 Å². The van der Waals surface area contributed by atoms with Crippen molar-refractivity contribution in [2.45, 2.75) is 58.8 Å². The Labute approximate surface area is 127 Å². The predicted molar refractivity (Wildman–Crippen MR) is 88.8 cm³/mol. The maximum atomic E-state index is 9.75. The van der Waals surface area contributed by atoms with Gasteiger partial charge in [-0.2, -0.15) is 0 Å². The molecule has 0 amide bonds. The highest BCUT2D eigenvalue weighted by atomic mass is 31.1. The second-order valence-electron chi connectivity index (χ2n) is 7.18. The van der Waals surface area contributed by atoms with Gasteiger partial charge in [0.1, 0.15) is 0 Å². The summed E-state index contributed by atoms with van der Waals surface area (Å²) in [6.07, 6.45) is 0. The standard InChI is InChI=1S/C15H25P.BF4/c1-12-10-8-9-11-13(12)16(14(2,3)4)15(5,6)7;2-1(3,4)5/h8-11H,1-7H3;/q;-1/p+1. The van der Waals surface area contributed by atoms with Gasteiger partial charge < -0.3 is 17.3 Å². The molecule has 1 rings (SSSR count). The van der Waals surface area contributed by atoms with Crippen LogP contribution >= 0.6 is 7.92 Å². The largest absolute Gasteiger partial charge is 0.673 e. The monoisotopic (exact) mass is 324 g/mol. The molecule has 21 heavy (non-hydrogen) atoms. The lowest BCUT2D eigenvalue weighted by Gasteiger charge is -2.34. The smallest absolute Gasteiger partial charge is 0.418 e. The van der Waals surface area contributed by atoms with Crippen LogP contribution in [0.3, 0.4) is 0 Å². The molecule has 122 valence electrons. The third-order valence-electron chi connectivity index (χ3n) is 2.91. The molecular weight excluding hydrogens is 298 g/mol. The first-order chi connectivity index (χ1) is 9.14. The minimum absolute atomic E-state index is 0.398. The number of benzene rings is 1. The fourth-order valence-corrected chi connectivity index (χ4v) is 7.39. The van der Waals surface area contributed by atoms with Crippen LogP contribution in [-0.4, -0.2) is 17.6 Å². The molecule has 0 nitrogen and oxygen atoms in total. The van der Waals surface area contributed by atoms with Gasteiger partial charge in [0.2, 0.25) is 0 Å². The van der Waals surface area contributed by atoms with Crippen molar-refractivity contribution in [3.05, 3.63) is 29.8 Å². The van der Waals surface area contributed by atoms with Crippen LogP contribution in [0.25, 0.3) is 0 Å². The molecule has 1 aromatic carbocycles. The third kappa shape index (κ3) is 8.45. The van der Waals surface area contributed by atoms with Crippen LogP contribution in [0.5, 0.6) is 0 Å². The van der Waals surface area contributed by atoms with Gasteiger partial charge in [-0.25, -0.2) is 0 Å². The van der Waals surface area contributed by atoms with Gasteiger partial charge >= 0.3 is 7.25 Å². The van der Waals surface area contributed by atoms with E-state index in [4.69, 9.17) is 0 Å². The van der Waals surface area contributed by atoms with Crippen LogP contribution < -0.4 is 5.30 Å². The van der Waals surface area contributed by atoms with Gasteiger partial charge in [-0.15, -0.1) is 0 Å². The molecule has 0 saturated heterocycles. The molecule has 0 aliphatic carbocycles. The van der Waals surface area contributed by atoms with Gasteiger partial charge in [-0.05, 0) is 60.1 Å². The van der Waals surface area contributed by atoms with Crippen molar-refractivity contribution in [2.24, 2.45) is 0 Å². The summed E-state index contributed by atoms with van der Waals surface area (Å²) in [4.78, 5) is 0. The molecule has 0 saturated carbocycles. The summed E-state index contributed by atoms with van der Waals surface area (Å²) >= 11 is 0. The SMILES string of the molecule is Cc1ccccc1[PH+](C(C)(C)C)C(C)(C)C.F[B-](F)(F)F. The van der Waals surface area contributed by atoms with Gasteiger partial charge in [0.15, 0.2) is 0 Å². The topological polar surface area (TPSA) is 0 Å². The number of hydrogen-bond donors (Lipinski definition) is 0. The molecule has 0 heterocycles. The first-order valence-electron chi connectivity index (χ1n) is 6.95. The Balaban J connectivity index is 0.000000690. The van der Waals surface area contributed by atoms with E-state index in [0.717, 1.165) is 0 Å². The van der Waals surface area contributed by atoms with Crippen molar-refractivity contribution in [2.75, 3.05) is 0 Å². The van der Waals surface area contributed by atoms with E-state index in [1.54, 1.807) is 5.30 Å². The fourth-order valence-electron chi connectivity index (χ4n) is 2.79. The summed E-state index contributed by atoms with van der Waals surface area (Å²) in [5.74, 6) is 0. The van der Waals surface area contributed by atoms with E-state index in [2.05, 4.69) is 72.7 Å². The zero-order chi connectivity index (χ0) is 17.1. The number of halogens is 4. The first-order valence-corrected chi connectivity index (χ1v) is 8.45. The van der Waals surface area contributed by atoms with Gasteiger partial charge in [-0.3, -0.25) is 0 Å². The average Bonchev–Trinajstić information content (AvgIpc) is 2.14. The minimum atomic E-state index is -6.00. The van der Waals surface area contributed by atoms with E-state index in [-0.39, 0.29) is 0 Å². The molecular formula is C15H26BF4P. The molecule has 0 aliphatic rings. The minimum Gasteiger partial charge on any atom is -0.418 e. The van der Waals surface area contributed by atoms with E-state index in [9.17, 15) is 17.3 Å². The Kier molecular flexibility index (Phi) is 6.94. The molecule has 6 heteroatoms. The molecule has 0 fully saturated rings. The summed E-state index contributed by atoms with van der Waals surface area (Å²) in [5.41, 5.74) is 1.46. The van der Waals surface area contributed by atoms with Crippen molar-refractivity contribution < 1.29 is 17.3 Å². The Bertz CT molecular complexity index is 424. The highest BCUT2D eigenvalue weighted by Crippen LogP contribution is 2.58. The van der Waals surface area contributed by atoms with Crippen LogP contribution in [0.15, 0.2) is 24.3 Å². The third-order valence-corrected chi connectivity index (χ3v) is 7.01. The number of rotatable bonds is 1. The van der Waals surface area contributed by atoms with Crippen LogP contribution in [-0.2, 0) is 0 Å². The van der Waals surface area contributed by atoms with Crippen LogP contribution in [0.4, 0.5) is 17.3 Å². The van der Waals surface area contributed by atoms with Crippen molar-refractivity contribution in [1.82, 2.24) is 0 Å². The number of hydrogen-bond acceptors (Lipinski definition) is 0. The first kappa shape index (κ1) is 20.4. The highest BCUT2D eigenvalue weighted by molar-refractivity contribution is 7.68. The van der Waals surface area contributed by atoms with E-state index in [0.29, 0.717) is 10.3 Å². The van der Waals surface area contributed by atoms with Crippen LogP contribution in [0, 0.1) is 6.92 Å². The summed E-state index contributed by atoms with van der Waals surface area (Å²) in [7, 11) is -6.58. The quantitative estimate of drug-likeness (QED) is 0.351. The summed E-state index contributed by atoms with van der Waals surface area (Å²) in [6.45, 7) is 16.6. The normalized spacial score (nSPS) is 13.0.